The van der Waals surface area contributed by atoms with Gasteiger partial charge < -0.3 is 15.4 Å². The van der Waals surface area contributed by atoms with Crippen molar-refractivity contribution >= 4 is 46.1 Å². The molecule has 0 atom stereocenters. The van der Waals surface area contributed by atoms with Crippen molar-refractivity contribution in [2.45, 2.75) is 19.9 Å². The number of hydrogen-bond donors (Lipinski definition) is 2. The van der Waals surface area contributed by atoms with Crippen LogP contribution in [0.2, 0.25) is 4.34 Å². The second-order valence-electron chi connectivity index (χ2n) is 7.10. The number of carbonyl (C=O) groups is 2. The number of anilines is 2. The van der Waals surface area contributed by atoms with Crippen molar-refractivity contribution in [3.63, 3.8) is 0 Å². The average molecular weight is 472 g/mol. The van der Waals surface area contributed by atoms with E-state index in [1.165, 1.54) is 4.88 Å². The number of nitrogens with one attached hydrogen (secondary N) is 2. The fourth-order valence-corrected chi connectivity index (χ4v) is 4.27. The zero-order valence-corrected chi connectivity index (χ0v) is 19.6. The molecule has 0 spiro atoms. The van der Waals surface area contributed by atoms with Gasteiger partial charge in [-0.25, -0.2) is 0 Å². The maximum absolute atomic E-state index is 12.5. The van der Waals surface area contributed by atoms with Crippen molar-refractivity contribution < 1.29 is 14.3 Å². The van der Waals surface area contributed by atoms with Gasteiger partial charge in [0.15, 0.2) is 0 Å². The van der Waals surface area contributed by atoms with Crippen LogP contribution in [0.1, 0.15) is 28.6 Å². The third-order valence-electron chi connectivity index (χ3n) is 4.90. The van der Waals surface area contributed by atoms with E-state index < -0.39 is 0 Å². The Balaban J connectivity index is 1.50. The number of hydrogen-bond acceptors (Lipinski definition) is 5. The lowest BCUT2D eigenvalue weighted by Gasteiger charge is -2.19. The molecule has 0 aliphatic rings. The maximum Gasteiger partial charge on any atom is 0.255 e. The Morgan fingerprint density at radius 2 is 1.78 bits per heavy atom. The molecule has 32 heavy (non-hydrogen) atoms. The average Bonchev–Trinajstić information content (AvgIpc) is 3.22. The third kappa shape index (κ3) is 6.82. The first-order chi connectivity index (χ1) is 15.5. The number of amides is 2. The summed E-state index contributed by atoms with van der Waals surface area (Å²) in [6, 6.07) is 17.9. The van der Waals surface area contributed by atoms with Crippen LogP contribution >= 0.6 is 22.9 Å². The zero-order chi connectivity index (χ0) is 22.9. The SMILES string of the molecule is CCN(CCC(=O)Nc1ccc(C(=O)Nc2ccccc2OC)cc1)Cc1ccc(Cl)s1. The molecule has 0 saturated heterocycles. The van der Waals surface area contributed by atoms with Crippen molar-refractivity contribution in [2.75, 3.05) is 30.8 Å². The fraction of sp³-hybridized carbons (Fsp3) is 0.250. The lowest BCUT2D eigenvalue weighted by Crippen LogP contribution is -2.27. The molecule has 1 aromatic heterocycles. The van der Waals surface area contributed by atoms with Gasteiger partial charge in [-0.3, -0.25) is 14.5 Å². The Labute approximate surface area is 197 Å². The van der Waals surface area contributed by atoms with Crippen LogP contribution < -0.4 is 15.4 Å². The molecule has 1 heterocycles. The minimum Gasteiger partial charge on any atom is -0.495 e. The number of nitrogens with zero attached hydrogens (tertiary/aromatic N) is 1. The number of methoxy groups -OCH3 is 1. The number of carbonyl (C=O) groups excluding carboxylic acids is 2. The summed E-state index contributed by atoms with van der Waals surface area (Å²) in [5.74, 6) is 0.270. The summed E-state index contributed by atoms with van der Waals surface area (Å²) in [5, 5.41) is 5.72. The summed E-state index contributed by atoms with van der Waals surface area (Å²) in [7, 11) is 1.56. The van der Waals surface area contributed by atoms with Gasteiger partial charge in [-0.2, -0.15) is 0 Å². The first kappa shape index (κ1) is 23.8. The molecule has 3 rings (SSSR count). The minimum absolute atomic E-state index is 0.0705. The van der Waals surface area contributed by atoms with Gasteiger partial charge in [0.1, 0.15) is 5.75 Å². The Bertz CT molecular complexity index is 1050. The molecule has 0 radical (unpaired) electrons. The van der Waals surface area contributed by atoms with E-state index in [0.717, 1.165) is 17.4 Å². The molecule has 2 N–H and O–H groups in total. The number of halogens is 1. The number of ether oxygens (including phenoxy) is 1. The van der Waals surface area contributed by atoms with E-state index in [1.54, 1.807) is 54.8 Å². The topological polar surface area (TPSA) is 70.7 Å². The molecule has 0 bridgehead atoms. The Morgan fingerprint density at radius 1 is 1.03 bits per heavy atom. The van der Waals surface area contributed by atoms with Crippen LogP contribution in [-0.2, 0) is 11.3 Å². The van der Waals surface area contributed by atoms with Crippen LogP contribution in [0.25, 0.3) is 0 Å². The van der Waals surface area contributed by atoms with Crippen molar-refractivity contribution in [3.8, 4) is 5.75 Å². The highest BCUT2D eigenvalue weighted by atomic mass is 35.5. The van der Waals surface area contributed by atoms with Gasteiger partial charge in [-0.15, -0.1) is 11.3 Å². The number of rotatable bonds is 10. The first-order valence-electron chi connectivity index (χ1n) is 10.3. The van der Waals surface area contributed by atoms with Crippen LogP contribution in [-0.4, -0.2) is 36.9 Å². The highest BCUT2D eigenvalue weighted by Gasteiger charge is 2.11. The Kier molecular flexibility index (Phi) is 8.67. The van der Waals surface area contributed by atoms with Gasteiger partial charge >= 0.3 is 0 Å². The molecular formula is C24H26ClN3O3S. The van der Waals surface area contributed by atoms with E-state index in [-0.39, 0.29) is 11.8 Å². The van der Waals surface area contributed by atoms with Gasteiger partial charge in [-0.1, -0.05) is 30.7 Å². The fourth-order valence-electron chi connectivity index (χ4n) is 3.14. The van der Waals surface area contributed by atoms with Crippen molar-refractivity contribution in [2.24, 2.45) is 0 Å². The monoisotopic (exact) mass is 471 g/mol. The quantitative estimate of drug-likeness (QED) is 0.409. The van der Waals surface area contributed by atoms with Crippen LogP contribution in [0, 0.1) is 0 Å². The molecule has 168 valence electrons. The lowest BCUT2D eigenvalue weighted by molar-refractivity contribution is -0.116. The molecule has 0 aliphatic carbocycles. The van der Waals surface area contributed by atoms with E-state index in [9.17, 15) is 9.59 Å². The van der Waals surface area contributed by atoms with Crippen LogP contribution in [0.3, 0.4) is 0 Å². The molecule has 0 saturated carbocycles. The first-order valence-corrected chi connectivity index (χ1v) is 11.5. The van der Waals surface area contributed by atoms with E-state index in [4.69, 9.17) is 16.3 Å². The summed E-state index contributed by atoms with van der Waals surface area (Å²) in [5.41, 5.74) is 1.74. The standard InChI is InChI=1S/C24H26ClN3O3S/c1-3-28(16-19-12-13-22(25)32-19)15-14-23(29)26-18-10-8-17(9-11-18)24(30)27-20-6-4-5-7-21(20)31-2/h4-13H,3,14-16H2,1-2H3,(H,26,29)(H,27,30). The molecule has 0 aliphatic heterocycles. The predicted octanol–water partition coefficient (Wildman–Crippen LogP) is 5.51. The molecule has 8 heteroatoms. The second-order valence-corrected chi connectivity index (χ2v) is 8.90. The lowest BCUT2D eigenvalue weighted by atomic mass is 10.2. The maximum atomic E-state index is 12.5. The molecule has 6 nitrogen and oxygen atoms in total. The van der Waals surface area contributed by atoms with Gasteiger partial charge in [0.05, 0.1) is 17.1 Å². The number of para-hydroxylation sites is 2. The van der Waals surface area contributed by atoms with Gasteiger partial charge in [0, 0.05) is 35.6 Å². The summed E-state index contributed by atoms with van der Waals surface area (Å²) >= 11 is 7.55. The van der Waals surface area contributed by atoms with Crippen molar-refractivity contribution in [3.05, 3.63) is 75.4 Å². The van der Waals surface area contributed by atoms with Crippen LogP contribution in [0.15, 0.2) is 60.7 Å². The molecule has 3 aromatic rings. The summed E-state index contributed by atoms with van der Waals surface area (Å²) in [6.07, 6.45) is 0.378. The Hall–Kier alpha value is -2.87. The summed E-state index contributed by atoms with van der Waals surface area (Å²) < 4.78 is 6.03. The summed E-state index contributed by atoms with van der Waals surface area (Å²) in [6.45, 7) is 4.34. The van der Waals surface area contributed by atoms with Crippen LogP contribution in [0.5, 0.6) is 5.75 Å². The minimum atomic E-state index is -0.250. The van der Waals surface area contributed by atoms with E-state index in [2.05, 4.69) is 22.5 Å². The summed E-state index contributed by atoms with van der Waals surface area (Å²) in [4.78, 5) is 28.3. The molecule has 0 unspecified atom stereocenters. The smallest absolute Gasteiger partial charge is 0.255 e. The number of benzene rings is 2. The van der Waals surface area contributed by atoms with Gasteiger partial charge in [-0.05, 0) is 55.1 Å². The third-order valence-corrected chi connectivity index (χ3v) is 6.11. The highest BCUT2D eigenvalue weighted by Crippen LogP contribution is 2.24. The van der Waals surface area contributed by atoms with Crippen molar-refractivity contribution in [1.29, 1.82) is 0 Å². The van der Waals surface area contributed by atoms with E-state index in [0.29, 0.717) is 35.7 Å². The molecular weight excluding hydrogens is 446 g/mol. The highest BCUT2D eigenvalue weighted by molar-refractivity contribution is 7.16. The van der Waals surface area contributed by atoms with Crippen LogP contribution in [0.4, 0.5) is 11.4 Å². The number of thiophene rings is 1. The molecule has 0 fully saturated rings. The molecule has 2 amide bonds. The second kappa shape index (κ2) is 11.7. The normalized spacial score (nSPS) is 10.8. The zero-order valence-electron chi connectivity index (χ0n) is 18.1. The predicted molar refractivity (Wildman–Crippen MR) is 131 cm³/mol. The molecule has 2 aromatic carbocycles. The van der Waals surface area contributed by atoms with Gasteiger partial charge in [0.25, 0.3) is 5.91 Å². The van der Waals surface area contributed by atoms with E-state index >= 15 is 0 Å². The van der Waals surface area contributed by atoms with E-state index in [1.807, 2.05) is 24.3 Å². The largest absolute Gasteiger partial charge is 0.495 e. The Morgan fingerprint density at radius 3 is 2.44 bits per heavy atom. The van der Waals surface area contributed by atoms with Gasteiger partial charge in [0.2, 0.25) is 5.91 Å². The van der Waals surface area contributed by atoms with Crippen molar-refractivity contribution in [1.82, 2.24) is 4.90 Å².